The standard InChI is InChI=1S/5O.Ti.Zn.Zr/q5*-2;+4;+2;+4. The Kier molecular flexibility index (Phi) is 3550. The summed E-state index contributed by atoms with van der Waals surface area (Å²) in [6, 6.07) is 0. The van der Waals surface area contributed by atoms with Crippen molar-refractivity contribution < 1.29 is 94.8 Å². The number of rotatable bonds is 0. The van der Waals surface area contributed by atoms with Crippen LogP contribution in [0.5, 0.6) is 0 Å². The first-order chi connectivity index (χ1) is 0. The van der Waals surface area contributed by atoms with Gasteiger partial charge in [-0.2, -0.15) is 0 Å². The van der Waals surface area contributed by atoms with Crippen molar-refractivity contribution in [2.24, 2.45) is 0 Å². The van der Waals surface area contributed by atoms with Crippen molar-refractivity contribution in [2.75, 3.05) is 0 Å². The van der Waals surface area contributed by atoms with Crippen LogP contribution in [0.25, 0.3) is 0 Å². The van der Waals surface area contributed by atoms with E-state index in [1.807, 2.05) is 0 Å². The second kappa shape index (κ2) is 142. The molecule has 0 radical (unpaired) electrons. The molecule has 0 aliphatic heterocycles. The van der Waals surface area contributed by atoms with Crippen LogP contribution >= 0.6 is 0 Å². The van der Waals surface area contributed by atoms with E-state index in [2.05, 4.69) is 0 Å². The maximum absolute atomic E-state index is 0. The predicted octanol–water partition coefficient (Wildman–Crippen LogP) is -0.601. The summed E-state index contributed by atoms with van der Waals surface area (Å²) in [4.78, 5) is 0. The summed E-state index contributed by atoms with van der Waals surface area (Å²) in [5, 5.41) is 0. The molecule has 0 spiro atoms. The quantitative estimate of drug-likeness (QED) is 0.523. The zero-order chi connectivity index (χ0) is 0. The van der Waals surface area contributed by atoms with Gasteiger partial charge in [0.1, 0.15) is 0 Å². The maximum Gasteiger partial charge on any atom is 4.00 e. The van der Waals surface area contributed by atoms with Crippen molar-refractivity contribution in [1.29, 1.82) is 0 Å². The Balaban J connectivity index is 0. The van der Waals surface area contributed by atoms with Gasteiger partial charge in [-0.1, -0.05) is 0 Å². The SMILES string of the molecule is [O-2].[O-2].[O-2].[O-2].[O-2].[Ti+4].[Zn+2].[Zr+4]. The van der Waals surface area contributed by atoms with Crippen molar-refractivity contribution >= 4 is 0 Å². The van der Waals surface area contributed by atoms with Crippen LogP contribution in [0.2, 0.25) is 0 Å². The number of hydrogen-bond donors (Lipinski definition) is 0. The average molecular weight is 284 g/mol. The fourth-order valence-corrected chi connectivity index (χ4v) is 0. The van der Waals surface area contributed by atoms with Gasteiger partial charge in [0.25, 0.3) is 0 Å². The summed E-state index contributed by atoms with van der Waals surface area (Å²) in [6.07, 6.45) is 0. The molecule has 0 aromatic heterocycles. The molecule has 0 saturated heterocycles. The summed E-state index contributed by atoms with van der Waals surface area (Å²) < 4.78 is 0. The Morgan fingerprint density at radius 2 is 0.500 bits per heavy atom. The minimum absolute atomic E-state index is 0. The van der Waals surface area contributed by atoms with E-state index in [1.54, 1.807) is 0 Å². The Morgan fingerprint density at radius 1 is 0.500 bits per heavy atom. The van der Waals surface area contributed by atoms with Crippen LogP contribution in [-0.4, -0.2) is 0 Å². The molecular weight excluding hydrogens is 284 g/mol. The topological polar surface area (TPSA) is 142 Å². The van der Waals surface area contributed by atoms with Crippen LogP contribution in [0.3, 0.4) is 0 Å². The third-order valence-electron chi connectivity index (χ3n) is 0. The Labute approximate surface area is 93.9 Å². The van der Waals surface area contributed by atoms with Crippen molar-refractivity contribution in [1.82, 2.24) is 0 Å². The van der Waals surface area contributed by atoms with Gasteiger partial charge in [-0.25, -0.2) is 0 Å². The average Bonchev–Trinajstić information content (AvgIpc) is 0. The Bertz CT molecular complexity index is 12.4. The molecule has 0 heterocycles. The first-order valence-corrected chi connectivity index (χ1v) is 0. The first-order valence-electron chi connectivity index (χ1n) is 0. The second-order valence-corrected chi connectivity index (χ2v) is 0. The molecule has 0 atom stereocenters. The fourth-order valence-electron chi connectivity index (χ4n) is 0. The van der Waals surface area contributed by atoms with Gasteiger partial charge in [-0.05, 0) is 0 Å². The zero-order valence-corrected chi connectivity index (χ0v) is 10.7. The van der Waals surface area contributed by atoms with Crippen LogP contribution in [0.1, 0.15) is 0 Å². The normalized spacial score (nSPS) is 0. The molecule has 0 unspecified atom stereocenters. The van der Waals surface area contributed by atoms with E-state index in [1.165, 1.54) is 0 Å². The fraction of sp³-hybridized carbons (Fsp3) is 0. The summed E-state index contributed by atoms with van der Waals surface area (Å²) in [6.45, 7) is 0. The first kappa shape index (κ1) is 200. The molecule has 8 heavy (non-hydrogen) atoms. The molecule has 0 N–H and O–H groups in total. The molecule has 0 aliphatic carbocycles. The predicted molar refractivity (Wildman–Crippen MR) is 3.43 cm³/mol. The third-order valence-corrected chi connectivity index (χ3v) is 0. The maximum atomic E-state index is 0. The van der Waals surface area contributed by atoms with Crippen LogP contribution in [0.4, 0.5) is 0 Å². The summed E-state index contributed by atoms with van der Waals surface area (Å²) in [5.74, 6) is 0. The van der Waals surface area contributed by atoms with Crippen molar-refractivity contribution in [3.05, 3.63) is 0 Å². The molecule has 0 aromatic rings. The van der Waals surface area contributed by atoms with E-state index in [-0.39, 0.29) is 94.8 Å². The molecule has 0 aromatic carbocycles. The van der Waals surface area contributed by atoms with Gasteiger partial charge in [0, 0.05) is 0 Å². The molecular formula is O5TiZnZr. The Hall–Kier alpha value is 2.02. The van der Waals surface area contributed by atoms with Crippen molar-refractivity contribution in [3.8, 4) is 0 Å². The molecule has 40 valence electrons. The molecule has 0 fully saturated rings. The monoisotopic (exact) mass is 282 g/mol. The third kappa shape index (κ3) is 96.8. The van der Waals surface area contributed by atoms with E-state index < -0.39 is 0 Å². The van der Waals surface area contributed by atoms with Crippen LogP contribution in [0.15, 0.2) is 0 Å². The molecule has 8 heteroatoms. The molecule has 0 bridgehead atoms. The summed E-state index contributed by atoms with van der Waals surface area (Å²) in [5.41, 5.74) is 0. The van der Waals surface area contributed by atoms with Gasteiger partial charge in [-0.3, -0.25) is 0 Å². The minimum Gasteiger partial charge on any atom is -2.00 e. The van der Waals surface area contributed by atoms with Gasteiger partial charge in [0.15, 0.2) is 0 Å². The smallest absolute Gasteiger partial charge is 2.00 e. The summed E-state index contributed by atoms with van der Waals surface area (Å²) >= 11 is 0. The van der Waals surface area contributed by atoms with E-state index in [0.29, 0.717) is 0 Å². The van der Waals surface area contributed by atoms with E-state index in [4.69, 9.17) is 0 Å². The summed E-state index contributed by atoms with van der Waals surface area (Å²) in [7, 11) is 0. The molecule has 5 nitrogen and oxygen atoms in total. The van der Waals surface area contributed by atoms with Gasteiger partial charge >= 0.3 is 67.4 Å². The van der Waals surface area contributed by atoms with Crippen molar-refractivity contribution in [2.45, 2.75) is 0 Å². The molecule has 0 aliphatic rings. The minimum atomic E-state index is 0. The van der Waals surface area contributed by atoms with E-state index in [9.17, 15) is 0 Å². The number of hydrogen-bond acceptors (Lipinski definition) is 0. The van der Waals surface area contributed by atoms with Crippen LogP contribution in [0, 0.1) is 0 Å². The van der Waals surface area contributed by atoms with Gasteiger partial charge < -0.3 is 27.4 Å². The largest absolute Gasteiger partial charge is 4.00 e. The van der Waals surface area contributed by atoms with Crippen LogP contribution < -0.4 is 0 Å². The molecule has 0 saturated carbocycles. The van der Waals surface area contributed by atoms with Crippen molar-refractivity contribution in [3.63, 3.8) is 0 Å². The second-order valence-electron chi connectivity index (χ2n) is 0. The zero-order valence-electron chi connectivity index (χ0n) is 3.75. The Morgan fingerprint density at radius 3 is 0.500 bits per heavy atom. The van der Waals surface area contributed by atoms with E-state index in [0.717, 1.165) is 0 Å². The molecule has 0 rings (SSSR count). The van der Waals surface area contributed by atoms with Gasteiger partial charge in [0.2, 0.25) is 0 Å². The van der Waals surface area contributed by atoms with E-state index >= 15 is 0 Å². The van der Waals surface area contributed by atoms with Gasteiger partial charge in [0.05, 0.1) is 0 Å². The van der Waals surface area contributed by atoms with Crippen LogP contribution in [-0.2, 0) is 94.8 Å². The molecule has 0 amide bonds. The van der Waals surface area contributed by atoms with Gasteiger partial charge in [-0.15, -0.1) is 0 Å².